The van der Waals surface area contributed by atoms with Gasteiger partial charge in [-0.2, -0.15) is 5.10 Å². The first kappa shape index (κ1) is 13.5. The lowest BCUT2D eigenvalue weighted by atomic mass is 10.4. The first-order chi connectivity index (χ1) is 8.86. The van der Waals surface area contributed by atoms with E-state index in [4.69, 9.17) is 9.88 Å². The maximum atomic E-state index is 11.1. The summed E-state index contributed by atoms with van der Waals surface area (Å²) in [6.07, 6.45) is 4.45. The Kier molecular flexibility index (Phi) is 3.54. The van der Waals surface area contributed by atoms with Crippen LogP contribution in [0.1, 0.15) is 19.9 Å². The second kappa shape index (κ2) is 4.98. The largest absolute Gasteiger partial charge is 0.436 e. The monoisotopic (exact) mass is 282 g/mol. The summed E-state index contributed by atoms with van der Waals surface area (Å²) in [4.78, 5) is 3.82. The molecule has 8 heteroatoms. The average molecular weight is 282 g/mol. The summed E-state index contributed by atoms with van der Waals surface area (Å²) in [5, 5.41) is 9.09. The molecular formula is C11H14N4O3S. The number of hydrogen-bond donors (Lipinski definition) is 1. The number of ether oxygens (including phenoxy) is 1. The van der Waals surface area contributed by atoms with E-state index in [-0.39, 0.29) is 16.8 Å². The molecule has 2 aromatic heterocycles. The molecule has 0 spiro atoms. The highest BCUT2D eigenvalue weighted by Crippen LogP contribution is 2.20. The van der Waals surface area contributed by atoms with Crippen molar-refractivity contribution in [3.8, 4) is 11.6 Å². The van der Waals surface area contributed by atoms with Gasteiger partial charge in [-0.15, -0.1) is 0 Å². The molecule has 19 heavy (non-hydrogen) atoms. The lowest BCUT2D eigenvalue weighted by Gasteiger charge is -2.04. The zero-order chi connectivity index (χ0) is 14.0. The molecule has 0 saturated carbocycles. The highest BCUT2D eigenvalue weighted by atomic mass is 32.2. The minimum atomic E-state index is -3.73. The summed E-state index contributed by atoms with van der Waals surface area (Å²) in [6.45, 7) is 3.99. The molecule has 2 aromatic rings. The van der Waals surface area contributed by atoms with Crippen molar-refractivity contribution in [2.45, 2.75) is 24.8 Å². The van der Waals surface area contributed by atoms with Gasteiger partial charge in [0, 0.05) is 12.1 Å². The molecule has 0 aliphatic rings. The molecule has 0 saturated heterocycles. The molecule has 0 bridgehead atoms. The molecule has 0 aliphatic heterocycles. The third kappa shape index (κ3) is 3.30. The fourth-order valence-electron chi connectivity index (χ4n) is 1.37. The third-order valence-electron chi connectivity index (χ3n) is 2.37. The molecule has 0 unspecified atom stereocenters. The predicted octanol–water partition coefficient (Wildman–Crippen LogP) is 1.30. The van der Waals surface area contributed by atoms with Crippen molar-refractivity contribution in [3.05, 3.63) is 30.7 Å². The number of aromatic nitrogens is 3. The van der Waals surface area contributed by atoms with Crippen LogP contribution >= 0.6 is 0 Å². The zero-order valence-electron chi connectivity index (χ0n) is 10.5. The van der Waals surface area contributed by atoms with Crippen molar-refractivity contribution in [1.82, 2.24) is 14.8 Å². The van der Waals surface area contributed by atoms with Crippen LogP contribution in [0.2, 0.25) is 0 Å². The Balaban J connectivity index is 2.15. The second-order valence-electron chi connectivity index (χ2n) is 4.23. The SMILES string of the molecule is CC(C)n1cc(Oc2ccc(S(N)(=O)=O)cn2)cn1. The first-order valence-electron chi connectivity index (χ1n) is 5.57. The van der Waals surface area contributed by atoms with Crippen molar-refractivity contribution < 1.29 is 13.2 Å². The first-order valence-corrected chi connectivity index (χ1v) is 7.12. The predicted molar refractivity (Wildman–Crippen MR) is 68.3 cm³/mol. The maximum Gasteiger partial charge on any atom is 0.239 e. The van der Waals surface area contributed by atoms with Crippen molar-refractivity contribution >= 4 is 10.0 Å². The van der Waals surface area contributed by atoms with Crippen molar-refractivity contribution in [1.29, 1.82) is 0 Å². The van der Waals surface area contributed by atoms with Crippen LogP contribution in [-0.4, -0.2) is 23.2 Å². The molecule has 0 amide bonds. The van der Waals surface area contributed by atoms with Crippen LogP contribution in [0.4, 0.5) is 0 Å². The summed E-state index contributed by atoms with van der Waals surface area (Å²) >= 11 is 0. The zero-order valence-corrected chi connectivity index (χ0v) is 11.3. The average Bonchev–Trinajstić information content (AvgIpc) is 2.77. The number of hydrogen-bond acceptors (Lipinski definition) is 5. The molecule has 7 nitrogen and oxygen atoms in total. The Hall–Kier alpha value is -1.93. The van der Waals surface area contributed by atoms with Gasteiger partial charge in [0.15, 0.2) is 5.75 Å². The van der Waals surface area contributed by atoms with E-state index in [2.05, 4.69) is 10.1 Å². The van der Waals surface area contributed by atoms with E-state index in [0.717, 1.165) is 6.20 Å². The van der Waals surface area contributed by atoms with Gasteiger partial charge in [-0.05, 0) is 19.9 Å². The van der Waals surface area contributed by atoms with E-state index in [0.29, 0.717) is 5.75 Å². The molecule has 2 heterocycles. The number of primary sulfonamides is 1. The lowest BCUT2D eigenvalue weighted by Crippen LogP contribution is -2.12. The summed E-state index contributed by atoms with van der Waals surface area (Å²) in [5.41, 5.74) is 0. The summed E-state index contributed by atoms with van der Waals surface area (Å²) in [6, 6.07) is 3.01. The molecule has 2 N–H and O–H groups in total. The molecule has 2 rings (SSSR count). The van der Waals surface area contributed by atoms with Crippen LogP contribution in [0.25, 0.3) is 0 Å². The number of pyridine rings is 1. The standard InChI is InChI=1S/C11H14N4O3S/c1-8(2)15-7-9(5-14-15)18-11-4-3-10(6-13-11)19(12,16)17/h3-8H,1-2H3,(H2,12,16,17). The number of nitrogens with zero attached hydrogens (tertiary/aromatic N) is 3. The smallest absolute Gasteiger partial charge is 0.239 e. The van der Waals surface area contributed by atoms with E-state index in [9.17, 15) is 8.42 Å². The van der Waals surface area contributed by atoms with Gasteiger partial charge in [-0.1, -0.05) is 0 Å². The van der Waals surface area contributed by atoms with Crippen LogP contribution in [-0.2, 0) is 10.0 Å². The Bertz CT molecular complexity index is 662. The number of nitrogens with two attached hydrogens (primary N) is 1. The molecule has 0 radical (unpaired) electrons. The third-order valence-corrected chi connectivity index (χ3v) is 3.27. The number of rotatable bonds is 4. The van der Waals surface area contributed by atoms with Crippen molar-refractivity contribution in [2.75, 3.05) is 0 Å². The molecule has 0 aromatic carbocycles. The minimum absolute atomic E-state index is 0.0577. The topological polar surface area (TPSA) is 100 Å². The van der Waals surface area contributed by atoms with Gasteiger partial charge in [0.25, 0.3) is 0 Å². The van der Waals surface area contributed by atoms with Gasteiger partial charge >= 0.3 is 0 Å². The van der Waals surface area contributed by atoms with Gasteiger partial charge in [0.05, 0.1) is 18.6 Å². The fourth-order valence-corrected chi connectivity index (χ4v) is 1.83. The minimum Gasteiger partial charge on any atom is -0.436 e. The fraction of sp³-hybridized carbons (Fsp3) is 0.273. The van der Waals surface area contributed by atoms with E-state index in [1.54, 1.807) is 17.1 Å². The second-order valence-corrected chi connectivity index (χ2v) is 5.79. The molecule has 0 atom stereocenters. The Labute approximate surface area is 111 Å². The Morgan fingerprint density at radius 3 is 2.53 bits per heavy atom. The van der Waals surface area contributed by atoms with E-state index < -0.39 is 10.0 Å². The lowest BCUT2D eigenvalue weighted by molar-refractivity contribution is 0.458. The highest BCUT2D eigenvalue weighted by molar-refractivity contribution is 7.89. The van der Waals surface area contributed by atoms with Crippen molar-refractivity contribution in [3.63, 3.8) is 0 Å². The maximum absolute atomic E-state index is 11.1. The molecule has 0 aliphatic carbocycles. The molecule has 0 fully saturated rings. The van der Waals surface area contributed by atoms with Crippen LogP contribution in [0.3, 0.4) is 0 Å². The summed E-state index contributed by atoms with van der Waals surface area (Å²) in [5.74, 6) is 0.806. The van der Waals surface area contributed by atoms with E-state index in [1.807, 2.05) is 13.8 Å². The number of sulfonamides is 1. The van der Waals surface area contributed by atoms with E-state index in [1.165, 1.54) is 12.1 Å². The van der Waals surface area contributed by atoms with Gasteiger partial charge < -0.3 is 4.74 Å². The summed E-state index contributed by atoms with van der Waals surface area (Å²) in [7, 11) is -3.73. The van der Waals surface area contributed by atoms with Crippen molar-refractivity contribution in [2.24, 2.45) is 5.14 Å². The van der Waals surface area contributed by atoms with Gasteiger partial charge in [-0.3, -0.25) is 4.68 Å². The van der Waals surface area contributed by atoms with E-state index >= 15 is 0 Å². The van der Waals surface area contributed by atoms with Crippen LogP contribution in [0, 0.1) is 0 Å². The Morgan fingerprint density at radius 1 is 1.32 bits per heavy atom. The van der Waals surface area contributed by atoms with Crippen LogP contribution in [0.5, 0.6) is 11.6 Å². The normalized spacial score (nSPS) is 11.8. The van der Waals surface area contributed by atoms with Gasteiger partial charge in [-0.25, -0.2) is 18.5 Å². The highest BCUT2D eigenvalue weighted by Gasteiger charge is 2.09. The molecule has 102 valence electrons. The Morgan fingerprint density at radius 2 is 2.05 bits per heavy atom. The van der Waals surface area contributed by atoms with Gasteiger partial charge in [0.1, 0.15) is 4.90 Å². The van der Waals surface area contributed by atoms with Crippen LogP contribution in [0.15, 0.2) is 35.6 Å². The summed E-state index contributed by atoms with van der Waals surface area (Å²) < 4.78 is 29.3. The van der Waals surface area contributed by atoms with Crippen LogP contribution < -0.4 is 9.88 Å². The molecular weight excluding hydrogens is 268 g/mol. The quantitative estimate of drug-likeness (QED) is 0.911. The van der Waals surface area contributed by atoms with Gasteiger partial charge in [0.2, 0.25) is 15.9 Å².